The molecule has 0 bridgehead atoms. The number of halogens is 2. The predicted octanol–water partition coefficient (Wildman–Crippen LogP) is 2.60. The van der Waals surface area contributed by atoms with Gasteiger partial charge in [-0.3, -0.25) is 4.79 Å². The molecule has 2 aromatic rings. The van der Waals surface area contributed by atoms with Gasteiger partial charge in [0.25, 0.3) is 0 Å². The number of benzene rings is 2. The Kier molecular flexibility index (Phi) is 3.87. The van der Waals surface area contributed by atoms with Crippen molar-refractivity contribution < 1.29 is 13.6 Å². The number of nitrogens with one attached hydrogen (secondary N) is 1. The molecule has 3 nitrogen and oxygen atoms in total. The normalized spacial score (nSPS) is 11.9. The van der Waals surface area contributed by atoms with Crippen LogP contribution in [0.1, 0.15) is 11.6 Å². The number of hydrogen-bond acceptors (Lipinski definition) is 2. The van der Waals surface area contributed by atoms with Crippen LogP contribution in [0.2, 0.25) is 0 Å². The first-order valence-corrected chi connectivity index (χ1v) is 5.64. The third kappa shape index (κ3) is 3.14. The third-order valence-electron chi connectivity index (χ3n) is 2.63. The monoisotopic (exact) mass is 262 g/mol. The Hall–Kier alpha value is -2.27. The van der Waals surface area contributed by atoms with Crippen LogP contribution in [0.3, 0.4) is 0 Å². The highest BCUT2D eigenvalue weighted by atomic mass is 19.1. The van der Waals surface area contributed by atoms with Crippen molar-refractivity contribution in [1.29, 1.82) is 0 Å². The topological polar surface area (TPSA) is 55.1 Å². The fourth-order valence-electron chi connectivity index (χ4n) is 1.61. The van der Waals surface area contributed by atoms with E-state index in [4.69, 9.17) is 5.73 Å². The van der Waals surface area contributed by atoms with Crippen molar-refractivity contribution in [3.8, 4) is 0 Å². The van der Waals surface area contributed by atoms with E-state index >= 15 is 0 Å². The molecule has 0 heterocycles. The summed E-state index contributed by atoms with van der Waals surface area (Å²) in [6.45, 7) is 0. The molecule has 0 aliphatic carbocycles. The second kappa shape index (κ2) is 5.58. The smallest absolute Gasteiger partial charge is 0.245 e. The van der Waals surface area contributed by atoms with Gasteiger partial charge in [0, 0.05) is 6.07 Å². The third-order valence-corrected chi connectivity index (χ3v) is 2.63. The lowest BCUT2D eigenvalue weighted by Gasteiger charge is -2.13. The summed E-state index contributed by atoms with van der Waals surface area (Å²) in [4.78, 5) is 11.9. The molecule has 0 unspecified atom stereocenters. The average molecular weight is 262 g/mol. The molecular formula is C14H12F2N2O. The van der Waals surface area contributed by atoms with Crippen LogP contribution in [-0.4, -0.2) is 5.91 Å². The van der Waals surface area contributed by atoms with Gasteiger partial charge in [0.15, 0.2) is 0 Å². The van der Waals surface area contributed by atoms with E-state index in [1.807, 2.05) is 0 Å². The van der Waals surface area contributed by atoms with E-state index < -0.39 is 23.6 Å². The Balaban J connectivity index is 2.13. The standard InChI is InChI=1S/C14H12F2N2O/c15-10-6-7-12(11(16)8-10)18-14(19)13(17)9-4-2-1-3-5-9/h1-8,13H,17H2,(H,18,19)/t13-/m0/s1. The van der Waals surface area contributed by atoms with Crippen molar-refractivity contribution in [1.82, 2.24) is 0 Å². The molecule has 0 spiro atoms. The fourth-order valence-corrected chi connectivity index (χ4v) is 1.61. The van der Waals surface area contributed by atoms with Crippen molar-refractivity contribution in [3.63, 3.8) is 0 Å². The molecule has 0 radical (unpaired) electrons. The highest BCUT2D eigenvalue weighted by Gasteiger charge is 2.17. The van der Waals surface area contributed by atoms with Gasteiger partial charge in [0.05, 0.1) is 5.69 Å². The summed E-state index contributed by atoms with van der Waals surface area (Å²) in [6.07, 6.45) is 0. The zero-order valence-corrected chi connectivity index (χ0v) is 9.94. The lowest BCUT2D eigenvalue weighted by molar-refractivity contribution is -0.117. The average Bonchev–Trinajstić information content (AvgIpc) is 2.42. The number of amides is 1. The first kappa shape index (κ1) is 13.2. The van der Waals surface area contributed by atoms with Crippen LogP contribution in [0, 0.1) is 11.6 Å². The van der Waals surface area contributed by atoms with E-state index in [2.05, 4.69) is 5.32 Å². The van der Waals surface area contributed by atoms with E-state index in [1.165, 1.54) is 0 Å². The number of nitrogens with two attached hydrogens (primary N) is 1. The Bertz CT molecular complexity index is 587. The van der Waals surface area contributed by atoms with Crippen LogP contribution < -0.4 is 11.1 Å². The van der Waals surface area contributed by atoms with Crippen molar-refractivity contribution in [3.05, 3.63) is 65.7 Å². The van der Waals surface area contributed by atoms with E-state index in [0.29, 0.717) is 11.6 Å². The van der Waals surface area contributed by atoms with Crippen molar-refractivity contribution in [2.75, 3.05) is 5.32 Å². The maximum atomic E-state index is 13.4. The lowest BCUT2D eigenvalue weighted by atomic mass is 10.1. The highest BCUT2D eigenvalue weighted by molar-refractivity contribution is 5.95. The zero-order valence-electron chi connectivity index (χ0n) is 9.94. The molecule has 0 aliphatic heterocycles. The SMILES string of the molecule is N[C@H](C(=O)Nc1ccc(F)cc1F)c1ccccc1. The Morgan fingerprint density at radius 3 is 2.42 bits per heavy atom. The predicted molar refractivity (Wildman–Crippen MR) is 68.4 cm³/mol. The van der Waals surface area contributed by atoms with Gasteiger partial charge in [-0.25, -0.2) is 8.78 Å². The molecule has 19 heavy (non-hydrogen) atoms. The summed E-state index contributed by atoms with van der Waals surface area (Å²) in [5.74, 6) is -2.10. The first-order valence-electron chi connectivity index (χ1n) is 5.64. The fraction of sp³-hybridized carbons (Fsp3) is 0.0714. The van der Waals surface area contributed by atoms with Crippen molar-refractivity contribution >= 4 is 11.6 Å². The minimum Gasteiger partial charge on any atom is -0.322 e. The molecule has 1 amide bonds. The molecule has 2 rings (SSSR count). The Morgan fingerprint density at radius 2 is 1.79 bits per heavy atom. The molecule has 0 fully saturated rings. The van der Waals surface area contributed by atoms with Gasteiger partial charge in [-0.2, -0.15) is 0 Å². The second-order valence-corrected chi connectivity index (χ2v) is 4.00. The molecule has 0 aliphatic rings. The van der Waals surface area contributed by atoms with E-state index in [9.17, 15) is 13.6 Å². The van der Waals surface area contributed by atoms with E-state index in [0.717, 1.165) is 12.1 Å². The van der Waals surface area contributed by atoms with Crippen LogP contribution in [0.4, 0.5) is 14.5 Å². The molecule has 5 heteroatoms. The first-order chi connectivity index (χ1) is 9.08. The van der Waals surface area contributed by atoms with Gasteiger partial charge in [0.1, 0.15) is 17.7 Å². The molecular weight excluding hydrogens is 250 g/mol. The minimum absolute atomic E-state index is 0.0993. The van der Waals surface area contributed by atoms with E-state index in [-0.39, 0.29) is 5.69 Å². The van der Waals surface area contributed by atoms with E-state index in [1.54, 1.807) is 30.3 Å². The van der Waals surface area contributed by atoms with Crippen LogP contribution >= 0.6 is 0 Å². The maximum Gasteiger partial charge on any atom is 0.245 e. The molecule has 0 aromatic heterocycles. The molecule has 0 saturated carbocycles. The Labute approximate surface area is 109 Å². The number of hydrogen-bond donors (Lipinski definition) is 2. The number of carbonyl (C=O) groups excluding carboxylic acids is 1. The summed E-state index contributed by atoms with van der Waals surface area (Å²) in [7, 11) is 0. The summed E-state index contributed by atoms with van der Waals surface area (Å²) >= 11 is 0. The van der Waals surface area contributed by atoms with Crippen molar-refractivity contribution in [2.45, 2.75) is 6.04 Å². The van der Waals surface area contributed by atoms with Crippen LogP contribution in [0.15, 0.2) is 48.5 Å². The van der Waals surface area contributed by atoms with Gasteiger partial charge in [0.2, 0.25) is 5.91 Å². The number of rotatable bonds is 3. The largest absolute Gasteiger partial charge is 0.322 e. The maximum absolute atomic E-state index is 13.4. The minimum atomic E-state index is -0.911. The molecule has 0 saturated heterocycles. The second-order valence-electron chi connectivity index (χ2n) is 4.00. The summed E-state index contributed by atoms with van der Waals surface area (Å²) in [5, 5.41) is 2.33. The summed E-state index contributed by atoms with van der Waals surface area (Å²) in [6, 6.07) is 10.7. The van der Waals surface area contributed by atoms with Gasteiger partial charge < -0.3 is 11.1 Å². The van der Waals surface area contributed by atoms with Gasteiger partial charge in [-0.15, -0.1) is 0 Å². The molecule has 98 valence electrons. The van der Waals surface area contributed by atoms with Crippen LogP contribution in [0.25, 0.3) is 0 Å². The molecule has 2 aromatic carbocycles. The van der Waals surface area contributed by atoms with Gasteiger partial charge in [-0.1, -0.05) is 30.3 Å². The number of carbonyl (C=O) groups is 1. The highest BCUT2D eigenvalue weighted by Crippen LogP contribution is 2.17. The summed E-state index contributed by atoms with van der Waals surface area (Å²) < 4.78 is 26.1. The Morgan fingerprint density at radius 1 is 1.11 bits per heavy atom. The molecule has 3 N–H and O–H groups in total. The lowest BCUT2D eigenvalue weighted by Crippen LogP contribution is -2.28. The van der Waals surface area contributed by atoms with Crippen molar-refractivity contribution in [2.24, 2.45) is 5.73 Å². The number of anilines is 1. The van der Waals surface area contributed by atoms with Crippen LogP contribution in [-0.2, 0) is 4.79 Å². The molecule has 1 atom stereocenters. The van der Waals surface area contributed by atoms with Gasteiger partial charge >= 0.3 is 0 Å². The van der Waals surface area contributed by atoms with Crippen LogP contribution in [0.5, 0.6) is 0 Å². The summed E-state index contributed by atoms with van der Waals surface area (Å²) in [5.41, 5.74) is 6.27. The quantitative estimate of drug-likeness (QED) is 0.893. The zero-order chi connectivity index (χ0) is 13.8. The van der Waals surface area contributed by atoms with Gasteiger partial charge in [-0.05, 0) is 17.7 Å².